The highest BCUT2D eigenvalue weighted by Gasteiger charge is 2.28. The topological polar surface area (TPSA) is 108 Å². The van der Waals surface area contributed by atoms with E-state index in [-0.39, 0.29) is 16.3 Å². The monoisotopic (exact) mass is 330 g/mol. The maximum atomic E-state index is 11.8. The predicted molar refractivity (Wildman–Crippen MR) is 79.3 cm³/mol. The molecule has 1 amide bonds. The standard InChI is InChI=1S/C13H15ClN2O6/c1-13(2,3)22-12(18)15-10-8(16(19)20)6-5-7(14)9(10)11(17)21-4/h5-6H,1-4H3,(H,15,18). The SMILES string of the molecule is COC(=O)c1c(Cl)ccc([N+](=O)[O-])c1NC(=O)OC(C)(C)C. The van der Waals surface area contributed by atoms with Gasteiger partial charge in [-0.2, -0.15) is 0 Å². The van der Waals surface area contributed by atoms with E-state index in [1.807, 2.05) is 0 Å². The number of hydrogen-bond acceptors (Lipinski definition) is 6. The van der Waals surface area contributed by atoms with Gasteiger partial charge in [0.05, 0.1) is 17.1 Å². The molecule has 9 heteroatoms. The van der Waals surface area contributed by atoms with E-state index in [1.165, 1.54) is 6.07 Å². The average Bonchev–Trinajstić information content (AvgIpc) is 2.35. The molecule has 0 heterocycles. The van der Waals surface area contributed by atoms with Crippen molar-refractivity contribution in [2.45, 2.75) is 26.4 Å². The van der Waals surface area contributed by atoms with Crippen LogP contribution in [0.2, 0.25) is 5.02 Å². The number of hydrogen-bond donors (Lipinski definition) is 1. The van der Waals surface area contributed by atoms with Crippen LogP contribution in [0.25, 0.3) is 0 Å². The molecule has 0 saturated heterocycles. The molecule has 0 bridgehead atoms. The Hall–Kier alpha value is -2.35. The van der Waals surface area contributed by atoms with Crippen molar-refractivity contribution in [2.75, 3.05) is 12.4 Å². The van der Waals surface area contributed by atoms with E-state index in [9.17, 15) is 19.7 Å². The molecule has 22 heavy (non-hydrogen) atoms. The Morgan fingerprint density at radius 3 is 2.36 bits per heavy atom. The lowest BCUT2D eigenvalue weighted by Gasteiger charge is -2.20. The minimum absolute atomic E-state index is 0.0940. The molecular weight excluding hydrogens is 316 g/mol. The zero-order valence-electron chi connectivity index (χ0n) is 12.4. The summed E-state index contributed by atoms with van der Waals surface area (Å²) in [4.78, 5) is 33.9. The number of nitro benzene ring substituents is 1. The summed E-state index contributed by atoms with van der Waals surface area (Å²) in [5, 5.41) is 13.2. The molecule has 1 aromatic rings. The Morgan fingerprint density at radius 1 is 1.32 bits per heavy atom. The molecule has 0 unspecified atom stereocenters. The Morgan fingerprint density at radius 2 is 1.91 bits per heavy atom. The molecule has 0 fully saturated rings. The van der Waals surface area contributed by atoms with Crippen LogP contribution in [-0.4, -0.2) is 29.7 Å². The fraction of sp³-hybridized carbons (Fsp3) is 0.385. The second-order valence-electron chi connectivity index (χ2n) is 5.19. The molecule has 0 atom stereocenters. The largest absolute Gasteiger partial charge is 0.465 e. The van der Waals surface area contributed by atoms with Crippen LogP contribution in [0.3, 0.4) is 0 Å². The smallest absolute Gasteiger partial charge is 0.412 e. The van der Waals surface area contributed by atoms with Gasteiger partial charge in [0.1, 0.15) is 16.9 Å². The minimum Gasteiger partial charge on any atom is -0.465 e. The number of nitrogens with one attached hydrogen (secondary N) is 1. The second kappa shape index (κ2) is 6.61. The van der Waals surface area contributed by atoms with Gasteiger partial charge in [0.2, 0.25) is 0 Å². The molecule has 1 N–H and O–H groups in total. The van der Waals surface area contributed by atoms with Crippen molar-refractivity contribution in [2.24, 2.45) is 0 Å². The fourth-order valence-corrected chi connectivity index (χ4v) is 1.79. The highest BCUT2D eigenvalue weighted by atomic mass is 35.5. The van der Waals surface area contributed by atoms with Crippen LogP contribution in [0, 0.1) is 10.1 Å². The van der Waals surface area contributed by atoms with Crippen LogP contribution in [0.1, 0.15) is 31.1 Å². The molecule has 1 aromatic carbocycles. The van der Waals surface area contributed by atoms with E-state index in [0.29, 0.717) is 0 Å². The molecule has 0 aliphatic heterocycles. The van der Waals surface area contributed by atoms with Gasteiger partial charge in [-0.25, -0.2) is 9.59 Å². The molecule has 0 radical (unpaired) electrons. The van der Waals surface area contributed by atoms with Crippen LogP contribution in [0.4, 0.5) is 16.2 Å². The Kier molecular flexibility index (Phi) is 5.32. The summed E-state index contributed by atoms with van der Waals surface area (Å²) in [5.74, 6) is -0.917. The number of amides is 1. The van der Waals surface area contributed by atoms with Gasteiger partial charge in [0, 0.05) is 6.07 Å². The number of carbonyl (C=O) groups is 2. The zero-order valence-corrected chi connectivity index (χ0v) is 13.2. The van der Waals surface area contributed by atoms with E-state index >= 15 is 0 Å². The lowest BCUT2D eigenvalue weighted by molar-refractivity contribution is -0.384. The number of nitro groups is 1. The molecule has 0 spiro atoms. The Bertz CT molecular complexity index is 624. The lowest BCUT2D eigenvalue weighted by Crippen LogP contribution is -2.28. The normalized spacial score (nSPS) is 10.8. The predicted octanol–water partition coefficient (Wildman–Crippen LogP) is 3.38. The first-order valence-electron chi connectivity index (χ1n) is 6.12. The first kappa shape index (κ1) is 17.7. The summed E-state index contributed by atoms with van der Waals surface area (Å²) in [6.45, 7) is 4.88. The molecule has 0 saturated carbocycles. The van der Waals surface area contributed by atoms with Crippen molar-refractivity contribution in [1.82, 2.24) is 0 Å². The van der Waals surface area contributed by atoms with Gasteiger partial charge in [0.25, 0.3) is 5.69 Å². The van der Waals surface area contributed by atoms with E-state index in [4.69, 9.17) is 16.3 Å². The molecule has 0 aromatic heterocycles. The van der Waals surface area contributed by atoms with E-state index < -0.39 is 28.3 Å². The van der Waals surface area contributed by atoms with Crippen LogP contribution < -0.4 is 5.32 Å². The highest BCUT2D eigenvalue weighted by molar-refractivity contribution is 6.34. The minimum atomic E-state index is -0.956. The van der Waals surface area contributed by atoms with E-state index in [0.717, 1.165) is 13.2 Å². The highest BCUT2D eigenvalue weighted by Crippen LogP contribution is 2.34. The number of ether oxygens (including phenoxy) is 2. The van der Waals surface area contributed by atoms with Crippen molar-refractivity contribution < 1.29 is 24.0 Å². The summed E-state index contributed by atoms with van der Waals surface area (Å²) in [7, 11) is 1.09. The van der Waals surface area contributed by atoms with Gasteiger partial charge in [-0.3, -0.25) is 15.4 Å². The number of nitrogens with zero attached hydrogens (tertiary/aromatic N) is 1. The molecular formula is C13H15ClN2O6. The summed E-state index contributed by atoms with van der Waals surface area (Å²) in [6, 6.07) is 2.24. The zero-order chi connectivity index (χ0) is 17.1. The van der Waals surface area contributed by atoms with Gasteiger partial charge >= 0.3 is 12.1 Å². The van der Waals surface area contributed by atoms with Gasteiger partial charge in [-0.1, -0.05) is 11.6 Å². The molecule has 0 aliphatic rings. The first-order chi connectivity index (χ1) is 10.1. The van der Waals surface area contributed by atoms with Crippen LogP contribution >= 0.6 is 11.6 Å². The van der Waals surface area contributed by atoms with Gasteiger partial charge in [-0.05, 0) is 26.8 Å². The average molecular weight is 331 g/mol. The molecule has 120 valence electrons. The van der Waals surface area contributed by atoms with Crippen LogP contribution in [-0.2, 0) is 9.47 Å². The first-order valence-corrected chi connectivity index (χ1v) is 6.50. The third-order valence-electron chi connectivity index (χ3n) is 2.34. The van der Waals surface area contributed by atoms with Crippen molar-refractivity contribution in [3.63, 3.8) is 0 Å². The summed E-state index contributed by atoms with van der Waals surface area (Å²) in [5.41, 5.74) is -2.01. The van der Waals surface area contributed by atoms with E-state index in [1.54, 1.807) is 20.8 Å². The summed E-state index contributed by atoms with van der Waals surface area (Å²) < 4.78 is 9.55. The molecule has 1 rings (SSSR count). The summed E-state index contributed by atoms with van der Waals surface area (Å²) >= 11 is 5.88. The number of esters is 1. The number of benzene rings is 1. The maximum Gasteiger partial charge on any atom is 0.412 e. The van der Waals surface area contributed by atoms with Gasteiger partial charge < -0.3 is 9.47 Å². The van der Waals surface area contributed by atoms with E-state index in [2.05, 4.69) is 10.1 Å². The quantitative estimate of drug-likeness (QED) is 0.517. The third-order valence-corrected chi connectivity index (χ3v) is 2.66. The maximum absolute atomic E-state index is 11.8. The lowest BCUT2D eigenvalue weighted by atomic mass is 10.1. The number of anilines is 1. The number of carbonyl (C=O) groups excluding carboxylic acids is 2. The van der Waals surface area contributed by atoms with Crippen molar-refractivity contribution in [3.8, 4) is 0 Å². The molecule has 0 aliphatic carbocycles. The summed E-state index contributed by atoms with van der Waals surface area (Å²) in [6.07, 6.45) is -0.956. The third kappa shape index (κ3) is 4.32. The number of methoxy groups -OCH3 is 1. The van der Waals surface area contributed by atoms with Crippen molar-refractivity contribution in [1.29, 1.82) is 0 Å². The number of rotatable bonds is 3. The van der Waals surface area contributed by atoms with Crippen LogP contribution in [0.15, 0.2) is 12.1 Å². The van der Waals surface area contributed by atoms with Crippen molar-refractivity contribution >= 4 is 35.0 Å². The van der Waals surface area contributed by atoms with Gasteiger partial charge in [-0.15, -0.1) is 0 Å². The Labute approximate surface area is 131 Å². The Balaban J connectivity index is 3.35. The fourth-order valence-electron chi connectivity index (χ4n) is 1.55. The van der Waals surface area contributed by atoms with Crippen molar-refractivity contribution in [3.05, 3.63) is 32.8 Å². The number of halogens is 1. The van der Waals surface area contributed by atoms with Gasteiger partial charge in [0.15, 0.2) is 0 Å². The second-order valence-corrected chi connectivity index (χ2v) is 5.60. The van der Waals surface area contributed by atoms with Crippen LogP contribution in [0.5, 0.6) is 0 Å². The molecule has 8 nitrogen and oxygen atoms in total.